The van der Waals surface area contributed by atoms with Crippen molar-refractivity contribution in [2.75, 3.05) is 6.61 Å². The Bertz CT molecular complexity index is 1240. The molecule has 49 heavy (non-hydrogen) atoms. The van der Waals surface area contributed by atoms with Crippen molar-refractivity contribution in [3.05, 3.63) is 34.9 Å². The second-order valence-corrected chi connectivity index (χ2v) is 14.5. The van der Waals surface area contributed by atoms with Crippen molar-refractivity contribution >= 4 is 29.4 Å². The zero-order valence-corrected chi connectivity index (χ0v) is 30.7. The smallest absolute Gasteiger partial charge is 0.417 e. The fourth-order valence-electron chi connectivity index (χ4n) is 5.61. The number of amides is 1. The number of hydrogen-bond acceptors (Lipinski definition) is 7. The Balaban J connectivity index is 3.05. The van der Waals surface area contributed by atoms with Crippen LogP contribution in [0.4, 0.5) is 13.2 Å². The minimum atomic E-state index is -4.80. The van der Waals surface area contributed by atoms with Crippen LogP contribution in [0, 0.1) is 24.7 Å². The number of ether oxygens (including phenoxy) is 2. The lowest BCUT2D eigenvalue weighted by atomic mass is 9.86. The monoisotopic (exact) mass is 697 g/mol. The molecule has 1 aromatic rings. The Morgan fingerprint density at radius 2 is 1.47 bits per heavy atom. The van der Waals surface area contributed by atoms with Crippen molar-refractivity contribution in [2.24, 2.45) is 17.8 Å². The van der Waals surface area contributed by atoms with Gasteiger partial charge in [0.15, 0.2) is 18.2 Å². The van der Waals surface area contributed by atoms with Crippen LogP contribution >= 0.6 is 0 Å². The average Bonchev–Trinajstić information content (AvgIpc) is 2.98. The molecule has 0 spiro atoms. The van der Waals surface area contributed by atoms with Crippen molar-refractivity contribution in [3.63, 3.8) is 0 Å². The number of hydrogen-bond donors (Lipinski definition) is 1. The maximum Gasteiger partial charge on any atom is 0.417 e. The molecule has 1 N–H and O–H groups in total. The van der Waals surface area contributed by atoms with Crippen molar-refractivity contribution < 1.29 is 46.6 Å². The van der Waals surface area contributed by atoms with E-state index in [-0.39, 0.29) is 49.0 Å². The van der Waals surface area contributed by atoms with Crippen LogP contribution in [0.2, 0.25) is 0 Å². The molecule has 278 valence electrons. The predicted molar refractivity (Wildman–Crippen MR) is 183 cm³/mol. The molecule has 0 saturated heterocycles. The fourth-order valence-corrected chi connectivity index (χ4v) is 5.61. The van der Waals surface area contributed by atoms with Gasteiger partial charge in [0.25, 0.3) is 0 Å². The van der Waals surface area contributed by atoms with E-state index in [4.69, 9.17) is 9.47 Å². The standard InChI is InChI=1S/C38H58F3NO7/c1-9-10-11-12-13-14-15-17-27(5)35(46)42-30(20-21-33(45)49-37(6,7)8)31(43)23-28(22-25(2)3)32(44)24-48-36(47)34-26(4)18-16-19-29(34)38(39,40)41/h16,18-19,25,27-28,30H,9-15,17,20-24H2,1-8H3,(H,42,46)/t27?,28-,30?/m1/s1. The molecule has 0 aliphatic heterocycles. The topological polar surface area (TPSA) is 116 Å². The van der Waals surface area contributed by atoms with Gasteiger partial charge in [-0.3, -0.25) is 19.2 Å². The molecule has 1 aromatic carbocycles. The van der Waals surface area contributed by atoms with Gasteiger partial charge in [0.05, 0.1) is 17.2 Å². The van der Waals surface area contributed by atoms with Crippen molar-refractivity contribution in [1.82, 2.24) is 5.32 Å². The number of alkyl halides is 3. The van der Waals surface area contributed by atoms with Gasteiger partial charge >= 0.3 is 18.1 Å². The molecule has 0 aromatic heterocycles. The largest absolute Gasteiger partial charge is 0.460 e. The number of ketones is 2. The molecule has 11 heteroatoms. The zero-order valence-electron chi connectivity index (χ0n) is 30.7. The first kappa shape index (κ1) is 43.8. The minimum Gasteiger partial charge on any atom is -0.460 e. The highest BCUT2D eigenvalue weighted by molar-refractivity contribution is 5.96. The molecule has 0 heterocycles. The van der Waals surface area contributed by atoms with Crippen LogP contribution in [0.1, 0.15) is 147 Å². The molecule has 1 amide bonds. The second kappa shape index (κ2) is 21.1. The van der Waals surface area contributed by atoms with Gasteiger partial charge in [0, 0.05) is 24.7 Å². The predicted octanol–water partition coefficient (Wildman–Crippen LogP) is 8.74. The van der Waals surface area contributed by atoms with Gasteiger partial charge in [-0.2, -0.15) is 13.2 Å². The summed E-state index contributed by atoms with van der Waals surface area (Å²) in [6.45, 7) is 13.3. The Morgan fingerprint density at radius 3 is 2.04 bits per heavy atom. The molecule has 1 rings (SSSR count). The van der Waals surface area contributed by atoms with Gasteiger partial charge in [-0.05, 0) is 64.5 Å². The summed E-state index contributed by atoms with van der Waals surface area (Å²) in [4.78, 5) is 65.5. The Kier molecular flexibility index (Phi) is 18.8. The lowest BCUT2D eigenvalue weighted by Gasteiger charge is -2.24. The summed E-state index contributed by atoms with van der Waals surface area (Å²) in [6.07, 6.45) is 3.31. The fraction of sp³-hybridized carbons (Fsp3) is 0.711. The molecular formula is C38H58F3NO7. The summed E-state index contributed by atoms with van der Waals surface area (Å²) in [5.74, 6) is -4.59. The minimum absolute atomic E-state index is 0.0330. The first-order valence-corrected chi connectivity index (χ1v) is 17.7. The van der Waals surface area contributed by atoms with E-state index in [9.17, 15) is 37.1 Å². The quantitative estimate of drug-likeness (QED) is 0.0952. The van der Waals surface area contributed by atoms with Crippen LogP contribution in [-0.4, -0.2) is 47.7 Å². The third-order valence-corrected chi connectivity index (χ3v) is 8.24. The highest BCUT2D eigenvalue weighted by atomic mass is 19.4. The molecule has 0 fully saturated rings. The third-order valence-electron chi connectivity index (χ3n) is 8.24. The van der Waals surface area contributed by atoms with Crippen LogP contribution in [0.15, 0.2) is 18.2 Å². The summed E-state index contributed by atoms with van der Waals surface area (Å²) < 4.78 is 51.2. The normalized spacial score (nSPS) is 13.8. The molecular weight excluding hydrogens is 639 g/mol. The van der Waals surface area contributed by atoms with Gasteiger partial charge < -0.3 is 14.8 Å². The molecule has 2 unspecified atom stereocenters. The summed E-state index contributed by atoms with van der Waals surface area (Å²) >= 11 is 0. The van der Waals surface area contributed by atoms with E-state index in [2.05, 4.69) is 12.2 Å². The number of esters is 2. The number of benzene rings is 1. The van der Waals surface area contributed by atoms with Crippen LogP contribution in [0.3, 0.4) is 0 Å². The number of nitrogens with one attached hydrogen (secondary N) is 1. The molecule has 0 bridgehead atoms. The van der Waals surface area contributed by atoms with E-state index in [1.807, 2.05) is 13.8 Å². The first-order valence-electron chi connectivity index (χ1n) is 17.7. The lowest BCUT2D eigenvalue weighted by Crippen LogP contribution is -2.44. The highest BCUT2D eigenvalue weighted by Crippen LogP contribution is 2.33. The number of halogens is 3. The molecule has 0 aliphatic carbocycles. The Hall–Kier alpha value is -3.24. The van der Waals surface area contributed by atoms with Gasteiger partial charge in [-0.1, -0.05) is 84.8 Å². The van der Waals surface area contributed by atoms with Crippen molar-refractivity contribution in [2.45, 2.75) is 150 Å². The highest BCUT2D eigenvalue weighted by Gasteiger charge is 2.37. The van der Waals surface area contributed by atoms with Crippen LogP contribution < -0.4 is 5.32 Å². The Morgan fingerprint density at radius 1 is 0.857 bits per heavy atom. The summed E-state index contributed by atoms with van der Waals surface area (Å²) in [5, 5.41) is 2.80. The number of carbonyl (C=O) groups excluding carboxylic acids is 5. The van der Waals surface area contributed by atoms with E-state index in [1.165, 1.54) is 38.3 Å². The molecule has 3 atom stereocenters. The number of rotatable bonds is 22. The van der Waals surface area contributed by atoms with Crippen molar-refractivity contribution in [3.8, 4) is 0 Å². The summed E-state index contributed by atoms with van der Waals surface area (Å²) in [7, 11) is 0. The SMILES string of the molecule is CCCCCCCCCC(C)C(=O)NC(CCC(=O)OC(C)(C)C)C(=O)C[C@@H](CC(C)C)C(=O)COC(=O)c1c(C)cccc1C(F)(F)F. The van der Waals surface area contributed by atoms with E-state index < -0.39 is 65.0 Å². The van der Waals surface area contributed by atoms with E-state index in [1.54, 1.807) is 27.7 Å². The third kappa shape index (κ3) is 17.3. The van der Waals surface area contributed by atoms with E-state index in [0.717, 1.165) is 31.7 Å². The zero-order chi connectivity index (χ0) is 37.4. The van der Waals surface area contributed by atoms with Gasteiger partial charge in [0.2, 0.25) is 5.91 Å². The summed E-state index contributed by atoms with van der Waals surface area (Å²) in [6, 6.07) is 2.23. The maximum atomic E-state index is 13.7. The molecule has 0 aliphatic rings. The molecule has 0 saturated carbocycles. The van der Waals surface area contributed by atoms with Gasteiger partial charge in [-0.25, -0.2) is 4.79 Å². The summed E-state index contributed by atoms with van der Waals surface area (Å²) in [5.41, 5.74) is -2.53. The van der Waals surface area contributed by atoms with Crippen LogP contribution in [0.5, 0.6) is 0 Å². The van der Waals surface area contributed by atoms with E-state index >= 15 is 0 Å². The van der Waals surface area contributed by atoms with Gasteiger partial charge in [0.1, 0.15) is 5.60 Å². The molecule has 0 radical (unpaired) electrons. The van der Waals surface area contributed by atoms with Crippen molar-refractivity contribution in [1.29, 1.82) is 0 Å². The van der Waals surface area contributed by atoms with Crippen LogP contribution in [0.25, 0.3) is 0 Å². The number of unbranched alkanes of at least 4 members (excludes halogenated alkanes) is 6. The number of carbonyl (C=O) groups is 5. The number of aryl methyl sites for hydroxylation is 1. The maximum absolute atomic E-state index is 13.7. The molecule has 8 nitrogen and oxygen atoms in total. The van der Waals surface area contributed by atoms with E-state index in [0.29, 0.717) is 6.42 Å². The van der Waals surface area contributed by atoms with Crippen LogP contribution in [-0.2, 0) is 34.8 Å². The lowest BCUT2D eigenvalue weighted by molar-refractivity contribution is -0.155. The second-order valence-electron chi connectivity index (χ2n) is 14.5. The van der Waals surface area contributed by atoms with Gasteiger partial charge in [-0.15, -0.1) is 0 Å². The Labute approximate surface area is 290 Å². The average molecular weight is 698 g/mol. The first-order chi connectivity index (χ1) is 22.8. The number of Topliss-reactive ketones (excluding diaryl/α,β-unsaturated/α-hetero) is 2.